The second-order valence-electron chi connectivity index (χ2n) is 7.59. The van der Waals surface area contributed by atoms with Gasteiger partial charge in [0.25, 0.3) is 0 Å². The molecule has 4 heteroatoms. The molecule has 0 aliphatic carbocycles. The fraction of sp³-hybridized carbons (Fsp3) is 0.435. The number of amides is 1. The third-order valence-corrected chi connectivity index (χ3v) is 6.04. The lowest BCUT2D eigenvalue weighted by Crippen LogP contribution is -2.37. The van der Waals surface area contributed by atoms with Gasteiger partial charge in [-0.05, 0) is 61.7 Å². The second-order valence-corrected chi connectivity index (χ2v) is 7.59. The molecule has 0 N–H and O–H groups in total. The summed E-state index contributed by atoms with van der Waals surface area (Å²) in [5.41, 5.74) is 4.81. The van der Waals surface area contributed by atoms with E-state index in [1.165, 1.54) is 24.1 Å². The molecule has 0 spiro atoms. The van der Waals surface area contributed by atoms with Crippen molar-refractivity contribution in [2.24, 2.45) is 0 Å². The maximum Gasteiger partial charge on any atom is 0.246 e. The largest absolute Gasteiger partial charge is 0.358 e. The lowest BCUT2D eigenvalue weighted by Gasteiger charge is -2.23. The molecule has 0 radical (unpaired) electrons. The molecule has 27 heavy (non-hydrogen) atoms. The summed E-state index contributed by atoms with van der Waals surface area (Å²) in [7, 11) is 0. The minimum Gasteiger partial charge on any atom is -0.358 e. The van der Waals surface area contributed by atoms with Gasteiger partial charge in [-0.1, -0.05) is 37.3 Å². The van der Waals surface area contributed by atoms with Crippen LogP contribution in [0.5, 0.6) is 0 Å². The van der Waals surface area contributed by atoms with Gasteiger partial charge in [0.05, 0.1) is 6.54 Å². The molecule has 2 aromatic rings. The van der Waals surface area contributed by atoms with Gasteiger partial charge < -0.3 is 14.7 Å². The molecule has 1 atom stereocenters. The summed E-state index contributed by atoms with van der Waals surface area (Å²) in [6.07, 6.45) is 1.24. The number of carbonyl (C=O) groups is 1. The summed E-state index contributed by atoms with van der Waals surface area (Å²) in [5, 5.41) is 0. The van der Waals surface area contributed by atoms with Gasteiger partial charge in [-0.15, -0.1) is 0 Å². The van der Waals surface area contributed by atoms with E-state index in [1.807, 2.05) is 17.9 Å². The summed E-state index contributed by atoms with van der Waals surface area (Å²) >= 11 is 0. The topological polar surface area (TPSA) is 26.8 Å². The molecule has 142 valence electrons. The summed E-state index contributed by atoms with van der Waals surface area (Å²) in [4.78, 5) is 19.4. The van der Waals surface area contributed by atoms with Crippen molar-refractivity contribution >= 4 is 17.3 Å². The standard InChI is InChI=1S/C23H29N3O/c1-3-24-14-13-19(15-24)18-9-11-21(12-10-18)25-16-20-7-5-6-8-22(20)26(4-2)23(27)17-25/h5-12,19H,3-4,13-17H2,1-2H3. The van der Waals surface area contributed by atoms with Crippen molar-refractivity contribution in [3.8, 4) is 0 Å². The van der Waals surface area contributed by atoms with Crippen molar-refractivity contribution in [1.82, 2.24) is 4.90 Å². The van der Waals surface area contributed by atoms with Crippen LogP contribution >= 0.6 is 0 Å². The van der Waals surface area contributed by atoms with Gasteiger partial charge in [0, 0.05) is 31.0 Å². The molecule has 2 aliphatic rings. The van der Waals surface area contributed by atoms with Crippen LogP contribution in [0.15, 0.2) is 48.5 Å². The Balaban J connectivity index is 1.56. The van der Waals surface area contributed by atoms with Crippen LogP contribution in [0.3, 0.4) is 0 Å². The minimum absolute atomic E-state index is 0.168. The molecule has 1 amide bonds. The highest BCUT2D eigenvalue weighted by molar-refractivity contribution is 5.98. The third kappa shape index (κ3) is 3.59. The van der Waals surface area contributed by atoms with E-state index in [2.05, 4.69) is 59.2 Å². The van der Waals surface area contributed by atoms with Crippen molar-refractivity contribution in [1.29, 1.82) is 0 Å². The van der Waals surface area contributed by atoms with Crippen LogP contribution in [0.1, 0.15) is 37.3 Å². The Morgan fingerprint density at radius 3 is 2.44 bits per heavy atom. The molecule has 4 nitrogen and oxygen atoms in total. The first-order valence-corrected chi connectivity index (χ1v) is 10.1. The number of carbonyl (C=O) groups excluding carboxylic acids is 1. The number of nitrogens with zero attached hydrogens (tertiary/aromatic N) is 3. The van der Waals surface area contributed by atoms with Crippen molar-refractivity contribution < 1.29 is 4.79 Å². The van der Waals surface area contributed by atoms with E-state index in [0.29, 0.717) is 19.0 Å². The van der Waals surface area contributed by atoms with Crippen molar-refractivity contribution in [3.63, 3.8) is 0 Å². The lowest BCUT2D eigenvalue weighted by atomic mass is 9.98. The van der Waals surface area contributed by atoms with Crippen molar-refractivity contribution in [2.75, 3.05) is 42.5 Å². The van der Waals surface area contributed by atoms with Gasteiger partial charge in [0.1, 0.15) is 0 Å². The molecule has 4 rings (SSSR count). The van der Waals surface area contributed by atoms with Gasteiger partial charge in [-0.25, -0.2) is 0 Å². The van der Waals surface area contributed by atoms with Crippen molar-refractivity contribution in [2.45, 2.75) is 32.7 Å². The molecule has 2 aromatic carbocycles. The summed E-state index contributed by atoms with van der Waals surface area (Å²) in [5.74, 6) is 0.807. The number of rotatable bonds is 4. The molecule has 1 unspecified atom stereocenters. The first-order chi connectivity index (χ1) is 13.2. The highest BCUT2D eigenvalue weighted by atomic mass is 16.2. The SMILES string of the molecule is CCN1CCC(c2ccc(N3CC(=O)N(CC)c4ccccc4C3)cc2)C1. The zero-order valence-electron chi connectivity index (χ0n) is 16.4. The van der Waals surface area contributed by atoms with Crippen LogP contribution in [0.25, 0.3) is 0 Å². The Morgan fingerprint density at radius 1 is 0.963 bits per heavy atom. The summed E-state index contributed by atoms with van der Waals surface area (Å²) in [6.45, 7) is 9.68. The highest BCUT2D eigenvalue weighted by Gasteiger charge is 2.26. The Labute approximate surface area is 162 Å². The van der Waals surface area contributed by atoms with E-state index < -0.39 is 0 Å². The van der Waals surface area contributed by atoms with E-state index >= 15 is 0 Å². The Morgan fingerprint density at radius 2 is 1.74 bits per heavy atom. The zero-order valence-corrected chi connectivity index (χ0v) is 16.4. The lowest BCUT2D eigenvalue weighted by molar-refractivity contribution is -0.117. The fourth-order valence-corrected chi connectivity index (χ4v) is 4.43. The van der Waals surface area contributed by atoms with Crippen LogP contribution in [0, 0.1) is 0 Å². The molecule has 0 bridgehead atoms. The molecule has 0 aromatic heterocycles. The number of likely N-dealkylation sites (tertiary alicyclic amines) is 1. The number of hydrogen-bond acceptors (Lipinski definition) is 3. The van der Waals surface area contributed by atoms with E-state index in [1.54, 1.807) is 0 Å². The molecular formula is C23H29N3O. The van der Waals surface area contributed by atoms with Crippen molar-refractivity contribution in [3.05, 3.63) is 59.7 Å². The second kappa shape index (κ2) is 7.73. The molecule has 2 heterocycles. The third-order valence-electron chi connectivity index (χ3n) is 6.04. The first kappa shape index (κ1) is 18.1. The monoisotopic (exact) mass is 363 g/mol. The first-order valence-electron chi connectivity index (χ1n) is 10.1. The van der Waals surface area contributed by atoms with Crippen LogP contribution < -0.4 is 9.80 Å². The predicted molar refractivity (Wildman–Crippen MR) is 111 cm³/mol. The highest BCUT2D eigenvalue weighted by Crippen LogP contribution is 2.31. The van der Waals surface area contributed by atoms with Gasteiger partial charge in [0.15, 0.2) is 0 Å². The van der Waals surface area contributed by atoms with Crippen LogP contribution in [0.4, 0.5) is 11.4 Å². The average molecular weight is 364 g/mol. The Hall–Kier alpha value is -2.33. The van der Waals surface area contributed by atoms with E-state index in [9.17, 15) is 4.79 Å². The number of hydrogen-bond donors (Lipinski definition) is 0. The number of likely N-dealkylation sites (N-methyl/N-ethyl adjacent to an activating group) is 2. The maximum absolute atomic E-state index is 12.8. The summed E-state index contributed by atoms with van der Waals surface area (Å²) in [6, 6.07) is 17.2. The quantitative estimate of drug-likeness (QED) is 0.825. The van der Waals surface area contributed by atoms with E-state index in [4.69, 9.17) is 0 Å². The van der Waals surface area contributed by atoms with E-state index in [0.717, 1.165) is 31.0 Å². The minimum atomic E-state index is 0.168. The number of benzene rings is 2. The zero-order chi connectivity index (χ0) is 18.8. The molecule has 2 aliphatic heterocycles. The van der Waals surface area contributed by atoms with Gasteiger partial charge in [0.2, 0.25) is 5.91 Å². The molecule has 1 fully saturated rings. The predicted octanol–water partition coefficient (Wildman–Crippen LogP) is 3.87. The Kier molecular flexibility index (Phi) is 5.17. The normalized spacial score (nSPS) is 20.7. The van der Waals surface area contributed by atoms with Gasteiger partial charge in [-0.3, -0.25) is 4.79 Å². The fourth-order valence-electron chi connectivity index (χ4n) is 4.43. The molecule has 1 saturated heterocycles. The number of anilines is 2. The molecular weight excluding hydrogens is 334 g/mol. The van der Waals surface area contributed by atoms with Crippen LogP contribution in [-0.4, -0.2) is 43.5 Å². The average Bonchev–Trinajstić information content (AvgIpc) is 3.13. The number of para-hydroxylation sites is 1. The van der Waals surface area contributed by atoms with Gasteiger partial charge >= 0.3 is 0 Å². The number of fused-ring (bicyclic) bond motifs is 1. The van der Waals surface area contributed by atoms with E-state index in [-0.39, 0.29) is 5.91 Å². The summed E-state index contributed by atoms with van der Waals surface area (Å²) < 4.78 is 0. The molecule has 0 saturated carbocycles. The van der Waals surface area contributed by atoms with Crippen LogP contribution in [0.2, 0.25) is 0 Å². The maximum atomic E-state index is 12.8. The smallest absolute Gasteiger partial charge is 0.246 e. The van der Waals surface area contributed by atoms with Crippen LogP contribution in [-0.2, 0) is 11.3 Å². The Bertz CT molecular complexity index is 802. The van der Waals surface area contributed by atoms with Gasteiger partial charge in [-0.2, -0.15) is 0 Å².